The number of nitrogen functional groups attached to an aromatic ring is 1. The van der Waals surface area contributed by atoms with Crippen molar-refractivity contribution >= 4 is 23.3 Å². The van der Waals surface area contributed by atoms with Gasteiger partial charge in [-0.1, -0.05) is 11.6 Å². The lowest BCUT2D eigenvalue weighted by Crippen LogP contribution is -2.08. The van der Waals surface area contributed by atoms with E-state index in [9.17, 15) is 13.6 Å². The number of halogens is 3. The number of carbonyl (C=O) groups is 1. The zero-order valence-corrected chi connectivity index (χ0v) is 8.39. The maximum atomic E-state index is 12.3. The molecule has 0 fully saturated rings. The van der Waals surface area contributed by atoms with Crippen LogP contribution in [0.15, 0.2) is 6.20 Å². The van der Waals surface area contributed by atoms with Crippen molar-refractivity contribution in [2.45, 2.75) is 6.43 Å². The Kier molecular flexibility index (Phi) is 3.41. The first-order valence-corrected chi connectivity index (χ1v) is 4.17. The fourth-order valence-electron chi connectivity index (χ4n) is 0.927. The van der Waals surface area contributed by atoms with Gasteiger partial charge < -0.3 is 10.5 Å². The molecule has 1 heterocycles. The van der Waals surface area contributed by atoms with Crippen molar-refractivity contribution in [2.24, 2.45) is 0 Å². The van der Waals surface area contributed by atoms with Gasteiger partial charge in [0, 0.05) is 6.20 Å². The molecule has 0 aliphatic carbocycles. The predicted octanol–water partition coefficient (Wildman–Crippen LogP) is 2.04. The number of pyridine rings is 1. The molecule has 0 saturated heterocycles. The van der Waals surface area contributed by atoms with Crippen molar-refractivity contribution < 1.29 is 18.3 Å². The molecule has 0 radical (unpaired) electrons. The van der Waals surface area contributed by atoms with E-state index in [0.717, 1.165) is 13.3 Å². The lowest BCUT2D eigenvalue weighted by atomic mass is 10.2. The molecule has 4 nitrogen and oxygen atoms in total. The van der Waals surface area contributed by atoms with Gasteiger partial charge in [-0.05, 0) is 0 Å². The third-order valence-electron chi connectivity index (χ3n) is 1.70. The molecule has 0 atom stereocenters. The van der Waals surface area contributed by atoms with Crippen LogP contribution in [0.5, 0.6) is 0 Å². The number of alkyl halides is 2. The second-order valence-electron chi connectivity index (χ2n) is 2.58. The molecule has 1 rings (SSSR count). The SMILES string of the molecule is COC(=O)c1ncc(C(F)F)c(N)c1Cl. The van der Waals surface area contributed by atoms with Crippen LogP contribution >= 0.6 is 11.6 Å². The third-order valence-corrected chi connectivity index (χ3v) is 2.08. The first-order valence-electron chi connectivity index (χ1n) is 3.79. The van der Waals surface area contributed by atoms with E-state index in [-0.39, 0.29) is 16.4 Å². The summed E-state index contributed by atoms with van der Waals surface area (Å²) in [5, 5.41) is -0.320. The smallest absolute Gasteiger partial charge is 0.358 e. The summed E-state index contributed by atoms with van der Waals surface area (Å²) in [7, 11) is 1.12. The maximum absolute atomic E-state index is 12.3. The maximum Gasteiger partial charge on any atom is 0.358 e. The van der Waals surface area contributed by atoms with Gasteiger partial charge in [-0.15, -0.1) is 0 Å². The highest BCUT2D eigenvalue weighted by Gasteiger charge is 2.21. The van der Waals surface area contributed by atoms with Gasteiger partial charge in [0.15, 0.2) is 5.69 Å². The summed E-state index contributed by atoms with van der Waals surface area (Å²) in [5.41, 5.74) is 4.17. The topological polar surface area (TPSA) is 65.2 Å². The molecule has 1 aromatic rings. The zero-order chi connectivity index (χ0) is 11.6. The number of nitrogens with zero attached hydrogens (tertiary/aromatic N) is 1. The quantitative estimate of drug-likeness (QED) is 0.798. The number of hydrogen-bond donors (Lipinski definition) is 1. The predicted molar refractivity (Wildman–Crippen MR) is 50.0 cm³/mol. The Bertz CT molecular complexity index is 398. The number of hydrogen-bond acceptors (Lipinski definition) is 4. The fraction of sp³-hybridized carbons (Fsp3) is 0.250. The van der Waals surface area contributed by atoms with Crippen LogP contribution in [0.1, 0.15) is 22.5 Å². The molecule has 0 amide bonds. The summed E-state index contributed by atoms with van der Waals surface area (Å²) < 4.78 is 29.0. The second kappa shape index (κ2) is 4.39. The van der Waals surface area contributed by atoms with Gasteiger partial charge in [0.2, 0.25) is 0 Å². The molecule has 2 N–H and O–H groups in total. The number of carbonyl (C=O) groups excluding carboxylic acids is 1. The number of methoxy groups -OCH3 is 1. The molecule has 7 heteroatoms. The van der Waals surface area contributed by atoms with Crippen molar-refractivity contribution in [3.63, 3.8) is 0 Å². The van der Waals surface area contributed by atoms with Crippen LogP contribution < -0.4 is 5.73 Å². The highest BCUT2D eigenvalue weighted by molar-refractivity contribution is 6.35. The first-order chi connectivity index (χ1) is 6.99. The van der Waals surface area contributed by atoms with Gasteiger partial charge in [-0.2, -0.15) is 0 Å². The summed E-state index contributed by atoms with van der Waals surface area (Å²) in [4.78, 5) is 14.5. The Morgan fingerprint density at radius 1 is 1.67 bits per heavy atom. The van der Waals surface area contributed by atoms with Gasteiger partial charge in [0.1, 0.15) is 0 Å². The molecule has 0 bridgehead atoms. The van der Waals surface area contributed by atoms with Gasteiger partial charge in [-0.3, -0.25) is 0 Å². The van der Waals surface area contributed by atoms with Crippen LogP contribution in [-0.4, -0.2) is 18.1 Å². The van der Waals surface area contributed by atoms with Crippen molar-refractivity contribution in [3.05, 3.63) is 22.5 Å². The molecule has 0 unspecified atom stereocenters. The van der Waals surface area contributed by atoms with Crippen LogP contribution in [0.4, 0.5) is 14.5 Å². The highest BCUT2D eigenvalue weighted by Crippen LogP contribution is 2.31. The Morgan fingerprint density at radius 3 is 2.73 bits per heavy atom. The van der Waals surface area contributed by atoms with Gasteiger partial charge in [-0.25, -0.2) is 18.6 Å². The molecule has 82 valence electrons. The summed E-state index contributed by atoms with van der Waals surface area (Å²) in [6, 6.07) is 0. The minimum Gasteiger partial charge on any atom is -0.464 e. The fourth-order valence-corrected chi connectivity index (χ4v) is 1.16. The van der Waals surface area contributed by atoms with E-state index in [2.05, 4.69) is 9.72 Å². The van der Waals surface area contributed by atoms with Crippen molar-refractivity contribution in [1.82, 2.24) is 4.98 Å². The summed E-state index contributed by atoms with van der Waals surface area (Å²) >= 11 is 5.59. The van der Waals surface area contributed by atoms with E-state index in [1.165, 1.54) is 0 Å². The van der Waals surface area contributed by atoms with Gasteiger partial charge in [0.25, 0.3) is 6.43 Å². The van der Waals surface area contributed by atoms with Crippen molar-refractivity contribution in [2.75, 3.05) is 12.8 Å². The summed E-state index contributed by atoms with van der Waals surface area (Å²) in [5.74, 6) is -0.826. The molecular formula is C8H7ClF2N2O2. The molecule has 1 aromatic heterocycles. The minimum atomic E-state index is -2.79. The lowest BCUT2D eigenvalue weighted by Gasteiger charge is -2.08. The zero-order valence-electron chi connectivity index (χ0n) is 7.63. The molecule has 0 aromatic carbocycles. The van der Waals surface area contributed by atoms with Crippen molar-refractivity contribution in [3.8, 4) is 0 Å². The minimum absolute atomic E-state index is 0.277. The Hall–Kier alpha value is -1.43. The highest BCUT2D eigenvalue weighted by atomic mass is 35.5. The van der Waals surface area contributed by atoms with Crippen LogP contribution in [0.2, 0.25) is 5.02 Å². The van der Waals surface area contributed by atoms with Crippen LogP contribution in [0, 0.1) is 0 Å². The van der Waals surface area contributed by atoms with Crippen LogP contribution in [-0.2, 0) is 4.74 Å². The molecule has 0 saturated carbocycles. The van der Waals surface area contributed by atoms with Gasteiger partial charge in [0.05, 0.1) is 23.4 Å². The molecule has 15 heavy (non-hydrogen) atoms. The number of esters is 1. The largest absolute Gasteiger partial charge is 0.464 e. The summed E-state index contributed by atoms with van der Waals surface area (Å²) in [6.45, 7) is 0. The monoisotopic (exact) mass is 236 g/mol. The van der Waals surface area contributed by atoms with Crippen LogP contribution in [0.3, 0.4) is 0 Å². The number of anilines is 1. The number of nitrogens with two attached hydrogens (primary N) is 1. The summed E-state index contributed by atoms with van der Waals surface area (Å²) in [6.07, 6.45) is -1.99. The molecule has 0 spiro atoms. The average molecular weight is 237 g/mol. The molecular weight excluding hydrogens is 230 g/mol. The van der Waals surface area contributed by atoms with Crippen LogP contribution in [0.25, 0.3) is 0 Å². The average Bonchev–Trinajstić information content (AvgIpc) is 2.20. The number of rotatable bonds is 2. The molecule has 0 aliphatic rings. The van der Waals surface area contributed by atoms with E-state index in [1.54, 1.807) is 0 Å². The van der Waals surface area contributed by atoms with Crippen molar-refractivity contribution in [1.29, 1.82) is 0 Å². The van der Waals surface area contributed by atoms with E-state index in [0.29, 0.717) is 0 Å². The van der Waals surface area contributed by atoms with E-state index in [4.69, 9.17) is 17.3 Å². The Balaban J connectivity index is 3.27. The van der Waals surface area contributed by atoms with E-state index in [1.807, 2.05) is 0 Å². The van der Waals surface area contributed by atoms with Gasteiger partial charge >= 0.3 is 5.97 Å². The van der Waals surface area contributed by atoms with E-state index >= 15 is 0 Å². The lowest BCUT2D eigenvalue weighted by molar-refractivity contribution is 0.0593. The normalized spacial score (nSPS) is 10.5. The third kappa shape index (κ3) is 2.15. The molecule has 0 aliphatic heterocycles. The van der Waals surface area contributed by atoms with E-state index < -0.39 is 18.0 Å². The Labute approximate surface area is 89.0 Å². The standard InChI is InChI=1S/C8H7ClF2N2O2/c1-15-8(14)6-4(9)5(12)3(2-13-6)7(10)11/h2,7H,1H3,(H2,12,13). The second-order valence-corrected chi connectivity index (χ2v) is 2.96. The number of aromatic nitrogens is 1. The Morgan fingerprint density at radius 2 is 2.27 bits per heavy atom. The first kappa shape index (κ1) is 11.6. The number of ether oxygens (including phenoxy) is 1.